The molecule has 0 spiro atoms. The first-order valence-corrected chi connectivity index (χ1v) is 8.50. The van der Waals surface area contributed by atoms with Gasteiger partial charge >= 0.3 is 0 Å². The number of rotatable bonds is 6. The minimum Gasteiger partial charge on any atom is -0.492 e. The molecular formula is C19H31ClO2. The van der Waals surface area contributed by atoms with Gasteiger partial charge in [0.25, 0.3) is 0 Å². The molecule has 0 radical (unpaired) electrons. The largest absolute Gasteiger partial charge is 0.492 e. The number of benzene rings is 1. The summed E-state index contributed by atoms with van der Waals surface area (Å²) < 4.78 is 11.3. The van der Waals surface area contributed by atoms with Crippen LogP contribution in [0.5, 0.6) is 5.75 Å². The van der Waals surface area contributed by atoms with Gasteiger partial charge in [-0.2, -0.15) is 0 Å². The zero-order chi connectivity index (χ0) is 17.0. The summed E-state index contributed by atoms with van der Waals surface area (Å²) in [5, 5.41) is 0. The van der Waals surface area contributed by atoms with E-state index in [9.17, 15) is 0 Å². The second-order valence-corrected chi connectivity index (χ2v) is 8.18. The van der Waals surface area contributed by atoms with Gasteiger partial charge in [-0.15, -0.1) is 11.6 Å². The second-order valence-electron chi connectivity index (χ2n) is 7.80. The van der Waals surface area contributed by atoms with E-state index in [0.29, 0.717) is 12.5 Å². The van der Waals surface area contributed by atoms with E-state index in [0.717, 1.165) is 18.8 Å². The molecule has 0 atom stereocenters. The first-order valence-electron chi connectivity index (χ1n) is 7.97. The van der Waals surface area contributed by atoms with Gasteiger partial charge in [-0.3, -0.25) is 0 Å². The molecule has 0 N–H and O–H groups in total. The lowest BCUT2D eigenvalue weighted by atomic mass is 9.78. The smallest absolute Gasteiger partial charge is 0.126 e. The Bertz CT molecular complexity index is 446. The molecule has 0 aliphatic rings. The Morgan fingerprint density at radius 1 is 0.909 bits per heavy atom. The Balaban J connectivity index is 3.47. The number of alkyl halides is 1. The third-order valence-electron chi connectivity index (χ3n) is 3.68. The quantitative estimate of drug-likeness (QED) is 0.678. The van der Waals surface area contributed by atoms with Crippen LogP contribution < -0.4 is 4.74 Å². The van der Waals surface area contributed by atoms with Crippen molar-refractivity contribution in [1.29, 1.82) is 0 Å². The Hall–Kier alpha value is -0.730. The molecule has 2 nitrogen and oxygen atoms in total. The molecule has 0 heterocycles. The van der Waals surface area contributed by atoms with Crippen LogP contribution in [0.25, 0.3) is 0 Å². The van der Waals surface area contributed by atoms with Crippen molar-refractivity contribution in [1.82, 2.24) is 0 Å². The highest BCUT2D eigenvalue weighted by molar-refractivity contribution is 6.18. The molecule has 22 heavy (non-hydrogen) atoms. The minimum absolute atomic E-state index is 0.0186. The molecule has 0 amide bonds. The molecule has 0 bridgehead atoms. The van der Waals surface area contributed by atoms with E-state index in [1.807, 2.05) is 0 Å². The Morgan fingerprint density at radius 2 is 1.41 bits per heavy atom. The van der Waals surface area contributed by atoms with E-state index >= 15 is 0 Å². The summed E-state index contributed by atoms with van der Waals surface area (Å²) >= 11 is 5.84. The fourth-order valence-corrected chi connectivity index (χ4v) is 2.54. The van der Waals surface area contributed by atoms with Crippen LogP contribution in [0.3, 0.4) is 0 Å². The van der Waals surface area contributed by atoms with Crippen molar-refractivity contribution < 1.29 is 9.47 Å². The van der Waals surface area contributed by atoms with Crippen molar-refractivity contribution in [2.24, 2.45) is 0 Å². The van der Waals surface area contributed by atoms with Gasteiger partial charge in [0.1, 0.15) is 12.4 Å². The van der Waals surface area contributed by atoms with Crippen LogP contribution in [0.1, 0.15) is 58.2 Å². The number of halogens is 1. The fraction of sp³-hybridized carbons (Fsp3) is 0.684. The Morgan fingerprint density at radius 3 is 1.77 bits per heavy atom. The summed E-state index contributed by atoms with van der Waals surface area (Å²) in [7, 11) is 1.74. The van der Waals surface area contributed by atoms with E-state index in [1.54, 1.807) is 7.11 Å². The van der Waals surface area contributed by atoms with Gasteiger partial charge in [0, 0.05) is 18.2 Å². The molecule has 0 aromatic heterocycles. The van der Waals surface area contributed by atoms with Gasteiger partial charge in [0.15, 0.2) is 0 Å². The lowest BCUT2D eigenvalue weighted by molar-refractivity contribution is 0.202. The number of methoxy groups -OCH3 is 1. The maximum atomic E-state index is 6.07. The van der Waals surface area contributed by atoms with Crippen LogP contribution in [0, 0.1) is 0 Å². The number of hydrogen-bond donors (Lipinski definition) is 0. The normalized spacial score (nSPS) is 12.5. The fourth-order valence-electron chi connectivity index (χ4n) is 2.46. The Kier molecular flexibility index (Phi) is 6.76. The predicted octanol–water partition coefficient (Wildman–Crippen LogP) is 5.09. The van der Waals surface area contributed by atoms with E-state index in [4.69, 9.17) is 21.1 Å². The standard InChI is InChI=1S/C19H31ClO2/c1-18(2,3)15-12-14(8-10-21-7)13-16(19(4,5)6)17(15)22-11-9-20/h12-13H,8-11H2,1-7H3. The lowest BCUT2D eigenvalue weighted by Crippen LogP contribution is -2.21. The van der Waals surface area contributed by atoms with Crippen molar-refractivity contribution in [2.75, 3.05) is 26.2 Å². The molecule has 0 saturated heterocycles. The molecule has 0 unspecified atom stereocenters. The van der Waals surface area contributed by atoms with Crippen molar-refractivity contribution in [3.8, 4) is 5.75 Å². The SMILES string of the molecule is COCCc1cc(C(C)(C)C)c(OCCCl)c(C(C)(C)C)c1. The van der Waals surface area contributed by atoms with Crippen molar-refractivity contribution >= 4 is 11.6 Å². The maximum Gasteiger partial charge on any atom is 0.126 e. The second kappa shape index (κ2) is 7.70. The van der Waals surface area contributed by atoms with Crippen LogP contribution in [-0.2, 0) is 22.0 Å². The van der Waals surface area contributed by atoms with Gasteiger partial charge in [-0.1, -0.05) is 53.7 Å². The molecule has 1 aromatic rings. The molecule has 1 rings (SSSR count). The highest BCUT2D eigenvalue weighted by Gasteiger charge is 2.27. The number of hydrogen-bond acceptors (Lipinski definition) is 2. The van der Waals surface area contributed by atoms with Crippen molar-refractivity contribution in [2.45, 2.75) is 58.8 Å². The molecule has 0 aliphatic heterocycles. The minimum atomic E-state index is 0.0186. The van der Waals surface area contributed by atoms with E-state index < -0.39 is 0 Å². The van der Waals surface area contributed by atoms with Gasteiger partial charge < -0.3 is 9.47 Å². The topological polar surface area (TPSA) is 18.5 Å². The van der Waals surface area contributed by atoms with Crippen LogP contribution in [0.2, 0.25) is 0 Å². The van der Waals surface area contributed by atoms with Gasteiger partial charge in [0.05, 0.1) is 12.5 Å². The van der Waals surface area contributed by atoms with Gasteiger partial charge in [-0.25, -0.2) is 0 Å². The molecule has 0 aliphatic carbocycles. The summed E-state index contributed by atoms with van der Waals surface area (Å²) in [5.74, 6) is 1.50. The van der Waals surface area contributed by atoms with Crippen LogP contribution in [-0.4, -0.2) is 26.2 Å². The zero-order valence-electron chi connectivity index (χ0n) is 15.2. The number of ether oxygens (including phenoxy) is 2. The van der Waals surface area contributed by atoms with Crippen molar-refractivity contribution in [3.05, 3.63) is 28.8 Å². The summed E-state index contributed by atoms with van der Waals surface area (Å²) in [6, 6.07) is 4.52. The summed E-state index contributed by atoms with van der Waals surface area (Å²) in [4.78, 5) is 0. The van der Waals surface area contributed by atoms with Crippen LogP contribution in [0.15, 0.2) is 12.1 Å². The highest BCUT2D eigenvalue weighted by atomic mass is 35.5. The van der Waals surface area contributed by atoms with Crippen molar-refractivity contribution in [3.63, 3.8) is 0 Å². The molecule has 3 heteroatoms. The van der Waals surface area contributed by atoms with Gasteiger partial charge in [0.2, 0.25) is 0 Å². The molecule has 1 aromatic carbocycles. The third-order valence-corrected chi connectivity index (χ3v) is 3.84. The third kappa shape index (κ3) is 5.17. The monoisotopic (exact) mass is 326 g/mol. The first kappa shape index (κ1) is 19.3. The van der Waals surface area contributed by atoms with Crippen LogP contribution >= 0.6 is 11.6 Å². The summed E-state index contributed by atoms with van der Waals surface area (Å²) in [5.41, 5.74) is 3.83. The van der Waals surface area contributed by atoms with E-state index in [2.05, 4.69) is 53.7 Å². The predicted molar refractivity (Wildman–Crippen MR) is 95.6 cm³/mol. The molecule has 126 valence electrons. The summed E-state index contributed by atoms with van der Waals surface area (Å²) in [6.07, 6.45) is 0.915. The van der Waals surface area contributed by atoms with Crippen LogP contribution in [0.4, 0.5) is 0 Å². The maximum absolute atomic E-state index is 6.07. The average Bonchev–Trinajstić information content (AvgIpc) is 2.40. The average molecular weight is 327 g/mol. The van der Waals surface area contributed by atoms with Gasteiger partial charge in [-0.05, 0) is 22.8 Å². The zero-order valence-corrected chi connectivity index (χ0v) is 15.9. The Labute approximate surface area is 141 Å². The molecular weight excluding hydrogens is 296 g/mol. The highest BCUT2D eigenvalue weighted by Crippen LogP contribution is 2.40. The summed E-state index contributed by atoms with van der Waals surface area (Å²) in [6.45, 7) is 14.6. The van der Waals surface area contributed by atoms with E-state index in [1.165, 1.54) is 16.7 Å². The molecule has 0 fully saturated rings. The van der Waals surface area contributed by atoms with E-state index in [-0.39, 0.29) is 10.8 Å². The lowest BCUT2D eigenvalue weighted by Gasteiger charge is -2.30. The first-order chi connectivity index (χ1) is 10.1. The molecule has 0 saturated carbocycles.